The Labute approximate surface area is 110 Å². The Bertz CT molecular complexity index is 399. The van der Waals surface area contributed by atoms with Crippen LogP contribution in [0.25, 0.3) is 0 Å². The van der Waals surface area contributed by atoms with Gasteiger partial charge in [0.25, 0.3) is 0 Å². The number of aliphatic hydroxyl groups is 1. The number of ether oxygens (including phenoxy) is 1. The van der Waals surface area contributed by atoms with E-state index in [1.54, 1.807) is 17.8 Å². The maximum absolute atomic E-state index is 11.3. The van der Waals surface area contributed by atoms with E-state index in [-0.39, 0.29) is 23.7 Å². The van der Waals surface area contributed by atoms with Gasteiger partial charge in [0.1, 0.15) is 5.82 Å². The van der Waals surface area contributed by atoms with Gasteiger partial charge >= 0.3 is 5.97 Å². The predicted molar refractivity (Wildman–Crippen MR) is 70.8 cm³/mol. The number of nitrogens with zero attached hydrogens (tertiary/aromatic N) is 2. The second-order valence-electron chi connectivity index (χ2n) is 3.65. The van der Waals surface area contributed by atoms with Gasteiger partial charge in [-0.1, -0.05) is 0 Å². The number of rotatable bonds is 6. The van der Waals surface area contributed by atoms with Crippen LogP contribution in [0.5, 0.6) is 0 Å². The molecule has 0 radical (unpaired) electrons. The maximum Gasteiger partial charge on any atom is 0.376 e. The van der Waals surface area contributed by atoms with E-state index < -0.39 is 5.97 Å². The molecule has 0 aliphatic rings. The molecule has 0 amide bonds. The Hall–Kier alpha value is -1.34. The lowest BCUT2D eigenvalue weighted by molar-refractivity contribution is 0.0587. The monoisotopic (exact) mass is 271 g/mol. The summed E-state index contributed by atoms with van der Waals surface area (Å²) < 4.78 is 4.55. The summed E-state index contributed by atoms with van der Waals surface area (Å²) in [5.74, 6) is -0.0281. The van der Waals surface area contributed by atoms with Gasteiger partial charge in [-0.25, -0.2) is 14.8 Å². The summed E-state index contributed by atoms with van der Waals surface area (Å²) in [7, 11) is 1.28. The molecule has 0 aliphatic carbocycles. The standard InChI is InChI=1S/C11H17N3O3S/c1-7(8(6-15)18-3)13-9-4-5-12-10(14-9)11(16)17-2/h4-5,7-8,15H,6H2,1-3H3,(H,12,13,14). The van der Waals surface area contributed by atoms with Crippen molar-refractivity contribution in [2.45, 2.75) is 18.2 Å². The first kappa shape index (κ1) is 14.7. The zero-order valence-corrected chi connectivity index (χ0v) is 11.4. The Morgan fingerprint density at radius 1 is 1.67 bits per heavy atom. The smallest absolute Gasteiger partial charge is 0.376 e. The number of hydrogen-bond donors (Lipinski definition) is 2. The Morgan fingerprint density at radius 3 is 2.94 bits per heavy atom. The fraction of sp³-hybridized carbons (Fsp3) is 0.545. The van der Waals surface area contributed by atoms with Crippen molar-refractivity contribution in [2.24, 2.45) is 0 Å². The van der Waals surface area contributed by atoms with Crippen molar-refractivity contribution in [3.05, 3.63) is 18.1 Å². The van der Waals surface area contributed by atoms with E-state index >= 15 is 0 Å². The van der Waals surface area contributed by atoms with Crippen LogP contribution in [-0.2, 0) is 4.74 Å². The summed E-state index contributed by atoms with van der Waals surface area (Å²) in [4.78, 5) is 19.1. The van der Waals surface area contributed by atoms with Crippen LogP contribution in [-0.4, -0.2) is 52.3 Å². The quantitative estimate of drug-likeness (QED) is 0.740. The van der Waals surface area contributed by atoms with Crippen molar-refractivity contribution in [1.82, 2.24) is 9.97 Å². The van der Waals surface area contributed by atoms with Crippen LogP contribution in [0.4, 0.5) is 5.82 Å². The number of thioether (sulfide) groups is 1. The molecule has 0 aromatic carbocycles. The third kappa shape index (κ3) is 3.85. The zero-order chi connectivity index (χ0) is 13.5. The first-order valence-electron chi connectivity index (χ1n) is 5.44. The third-order valence-corrected chi connectivity index (χ3v) is 3.60. The van der Waals surface area contributed by atoms with E-state index in [0.29, 0.717) is 5.82 Å². The first-order valence-corrected chi connectivity index (χ1v) is 6.72. The van der Waals surface area contributed by atoms with Gasteiger partial charge in [-0.05, 0) is 19.2 Å². The van der Waals surface area contributed by atoms with E-state index in [2.05, 4.69) is 20.0 Å². The SMILES string of the molecule is COC(=O)c1nccc(NC(C)C(CO)SC)n1. The van der Waals surface area contributed by atoms with E-state index in [1.165, 1.54) is 13.3 Å². The summed E-state index contributed by atoms with van der Waals surface area (Å²) in [5.41, 5.74) is 0. The summed E-state index contributed by atoms with van der Waals surface area (Å²) in [6, 6.07) is 1.68. The molecule has 100 valence electrons. The fourth-order valence-electron chi connectivity index (χ4n) is 1.39. The highest BCUT2D eigenvalue weighted by Gasteiger charge is 2.16. The summed E-state index contributed by atoms with van der Waals surface area (Å²) in [6.45, 7) is 2.02. The number of carbonyl (C=O) groups excluding carboxylic acids is 1. The molecule has 18 heavy (non-hydrogen) atoms. The van der Waals surface area contributed by atoms with Gasteiger partial charge in [-0.2, -0.15) is 11.8 Å². The first-order chi connectivity index (χ1) is 8.62. The van der Waals surface area contributed by atoms with Crippen LogP contribution in [0, 0.1) is 0 Å². The van der Waals surface area contributed by atoms with Gasteiger partial charge in [-0.15, -0.1) is 0 Å². The topological polar surface area (TPSA) is 84.3 Å². The number of hydrogen-bond acceptors (Lipinski definition) is 7. The lowest BCUT2D eigenvalue weighted by atomic mass is 10.2. The number of anilines is 1. The Balaban J connectivity index is 2.75. The average Bonchev–Trinajstić information content (AvgIpc) is 2.39. The molecule has 2 atom stereocenters. The molecular weight excluding hydrogens is 254 g/mol. The molecule has 2 unspecified atom stereocenters. The lowest BCUT2D eigenvalue weighted by Gasteiger charge is -2.21. The molecule has 0 saturated carbocycles. The highest BCUT2D eigenvalue weighted by atomic mass is 32.2. The molecule has 0 fully saturated rings. The van der Waals surface area contributed by atoms with Gasteiger partial charge in [-0.3, -0.25) is 0 Å². The molecule has 2 N–H and O–H groups in total. The zero-order valence-electron chi connectivity index (χ0n) is 10.6. The van der Waals surface area contributed by atoms with Crippen LogP contribution in [0.15, 0.2) is 12.3 Å². The number of aliphatic hydroxyl groups excluding tert-OH is 1. The maximum atomic E-state index is 11.3. The molecule has 7 heteroatoms. The van der Waals surface area contributed by atoms with Crippen LogP contribution < -0.4 is 5.32 Å². The van der Waals surface area contributed by atoms with Gasteiger partial charge in [0.15, 0.2) is 0 Å². The van der Waals surface area contributed by atoms with Crippen molar-refractivity contribution < 1.29 is 14.6 Å². The molecular formula is C11H17N3O3S. The summed E-state index contributed by atoms with van der Waals surface area (Å²) in [6.07, 6.45) is 3.42. The van der Waals surface area contributed by atoms with Gasteiger partial charge in [0, 0.05) is 17.5 Å². The van der Waals surface area contributed by atoms with Crippen molar-refractivity contribution >= 4 is 23.5 Å². The van der Waals surface area contributed by atoms with Crippen molar-refractivity contribution in [1.29, 1.82) is 0 Å². The number of esters is 1. The predicted octanol–water partition coefficient (Wildman–Crippen LogP) is 0.787. The Morgan fingerprint density at radius 2 is 2.39 bits per heavy atom. The number of carbonyl (C=O) groups is 1. The highest BCUT2D eigenvalue weighted by Crippen LogP contribution is 2.14. The number of methoxy groups -OCH3 is 1. The largest absolute Gasteiger partial charge is 0.463 e. The second-order valence-corrected chi connectivity index (χ2v) is 4.72. The van der Waals surface area contributed by atoms with Gasteiger partial charge in [0.05, 0.1) is 13.7 Å². The molecule has 6 nitrogen and oxygen atoms in total. The molecule has 0 spiro atoms. The van der Waals surface area contributed by atoms with Gasteiger partial charge < -0.3 is 15.2 Å². The normalized spacial score (nSPS) is 13.8. The number of nitrogens with one attached hydrogen (secondary N) is 1. The molecule has 0 aliphatic heterocycles. The van der Waals surface area contributed by atoms with Gasteiger partial charge in [0.2, 0.25) is 5.82 Å². The fourth-order valence-corrected chi connectivity index (χ4v) is 2.02. The van der Waals surface area contributed by atoms with Crippen LogP contribution >= 0.6 is 11.8 Å². The van der Waals surface area contributed by atoms with E-state index in [1.807, 2.05) is 13.2 Å². The minimum absolute atomic E-state index is 0.0133. The van der Waals surface area contributed by atoms with Crippen LogP contribution in [0.2, 0.25) is 0 Å². The van der Waals surface area contributed by atoms with Crippen LogP contribution in [0.1, 0.15) is 17.5 Å². The lowest BCUT2D eigenvalue weighted by Crippen LogP contribution is -2.31. The van der Waals surface area contributed by atoms with Crippen molar-refractivity contribution in [3.8, 4) is 0 Å². The second kappa shape index (κ2) is 7.17. The van der Waals surface area contributed by atoms with Crippen molar-refractivity contribution in [3.63, 3.8) is 0 Å². The van der Waals surface area contributed by atoms with Crippen LogP contribution in [0.3, 0.4) is 0 Å². The van der Waals surface area contributed by atoms with E-state index in [0.717, 1.165) is 0 Å². The van der Waals surface area contributed by atoms with E-state index in [9.17, 15) is 9.90 Å². The third-order valence-electron chi connectivity index (χ3n) is 2.44. The molecule has 1 aromatic rings. The minimum atomic E-state index is -0.574. The minimum Gasteiger partial charge on any atom is -0.463 e. The molecule has 1 aromatic heterocycles. The molecule has 1 rings (SSSR count). The number of aromatic nitrogens is 2. The summed E-state index contributed by atoms with van der Waals surface area (Å²) in [5, 5.41) is 12.4. The molecule has 1 heterocycles. The highest BCUT2D eigenvalue weighted by molar-refractivity contribution is 7.99. The molecule has 0 saturated heterocycles. The van der Waals surface area contributed by atoms with E-state index in [4.69, 9.17) is 0 Å². The van der Waals surface area contributed by atoms with Crippen molar-refractivity contribution in [2.75, 3.05) is 25.3 Å². The average molecular weight is 271 g/mol. The summed E-state index contributed by atoms with van der Waals surface area (Å²) >= 11 is 1.56. The Kier molecular flexibility index (Phi) is 5.87. The molecule has 0 bridgehead atoms.